The zero-order chi connectivity index (χ0) is 15.5. The average Bonchev–Trinajstić information content (AvgIpc) is 2.49. The van der Waals surface area contributed by atoms with Crippen molar-refractivity contribution in [3.8, 4) is 0 Å². The topological polar surface area (TPSA) is 58.4 Å². The van der Waals surface area contributed by atoms with E-state index in [0.717, 1.165) is 25.2 Å². The standard InChI is InChI=1S/C16H25N3O2/c1-4-16(2)7-9-18(10-8-16)12-13-5-6-15(19(20)21)14(11-13)17-3/h5-6,11,17H,4,7-10,12H2,1-3H3. The first-order chi connectivity index (χ1) is 9.97. The lowest BCUT2D eigenvalue weighted by Gasteiger charge is -2.39. The van der Waals surface area contributed by atoms with E-state index in [0.29, 0.717) is 11.1 Å². The Morgan fingerprint density at radius 3 is 2.57 bits per heavy atom. The van der Waals surface area contributed by atoms with Crippen molar-refractivity contribution in [3.05, 3.63) is 33.9 Å². The van der Waals surface area contributed by atoms with E-state index < -0.39 is 0 Å². The van der Waals surface area contributed by atoms with Crippen LogP contribution >= 0.6 is 0 Å². The molecule has 1 aliphatic rings. The number of benzene rings is 1. The van der Waals surface area contributed by atoms with Gasteiger partial charge in [-0.1, -0.05) is 26.3 Å². The molecule has 116 valence electrons. The summed E-state index contributed by atoms with van der Waals surface area (Å²) < 4.78 is 0. The minimum Gasteiger partial charge on any atom is -0.383 e. The Morgan fingerprint density at radius 1 is 1.38 bits per heavy atom. The third kappa shape index (κ3) is 3.73. The zero-order valence-corrected chi connectivity index (χ0v) is 13.2. The number of anilines is 1. The van der Waals surface area contributed by atoms with E-state index in [1.54, 1.807) is 13.1 Å². The van der Waals surface area contributed by atoms with Gasteiger partial charge in [0.05, 0.1) is 4.92 Å². The van der Waals surface area contributed by atoms with E-state index >= 15 is 0 Å². The van der Waals surface area contributed by atoms with Crippen LogP contribution in [0, 0.1) is 15.5 Å². The number of nitro benzene ring substituents is 1. The third-order valence-corrected chi connectivity index (χ3v) is 4.85. The molecule has 0 spiro atoms. The fraction of sp³-hybridized carbons (Fsp3) is 0.625. The highest BCUT2D eigenvalue weighted by Crippen LogP contribution is 2.34. The molecule has 5 nitrogen and oxygen atoms in total. The second-order valence-electron chi connectivity index (χ2n) is 6.30. The van der Waals surface area contributed by atoms with Gasteiger partial charge in [0.15, 0.2) is 0 Å². The molecule has 1 fully saturated rings. The van der Waals surface area contributed by atoms with Gasteiger partial charge in [-0.15, -0.1) is 0 Å². The van der Waals surface area contributed by atoms with E-state index in [1.807, 2.05) is 12.1 Å². The minimum absolute atomic E-state index is 0.137. The van der Waals surface area contributed by atoms with E-state index in [1.165, 1.54) is 19.3 Å². The number of piperidine rings is 1. The van der Waals surface area contributed by atoms with Gasteiger partial charge < -0.3 is 5.32 Å². The Bertz CT molecular complexity index is 508. The molecular weight excluding hydrogens is 266 g/mol. The molecular formula is C16H25N3O2. The maximum atomic E-state index is 10.9. The maximum Gasteiger partial charge on any atom is 0.292 e. The Labute approximate surface area is 126 Å². The van der Waals surface area contributed by atoms with E-state index in [-0.39, 0.29) is 10.6 Å². The first-order valence-electron chi connectivity index (χ1n) is 7.65. The highest BCUT2D eigenvalue weighted by Gasteiger charge is 2.28. The van der Waals surface area contributed by atoms with Crippen molar-refractivity contribution >= 4 is 11.4 Å². The molecule has 0 saturated carbocycles. The molecule has 1 aliphatic heterocycles. The van der Waals surface area contributed by atoms with Crippen LogP contribution in [0.3, 0.4) is 0 Å². The predicted octanol–water partition coefficient (Wildman–Crippen LogP) is 3.65. The number of hydrogen-bond donors (Lipinski definition) is 1. The molecule has 21 heavy (non-hydrogen) atoms. The number of rotatable bonds is 5. The number of nitrogens with one attached hydrogen (secondary N) is 1. The first kappa shape index (κ1) is 15.8. The molecule has 1 aromatic rings. The summed E-state index contributed by atoms with van der Waals surface area (Å²) in [7, 11) is 1.72. The summed E-state index contributed by atoms with van der Waals surface area (Å²) in [5.41, 5.74) is 2.35. The molecule has 0 radical (unpaired) electrons. The summed E-state index contributed by atoms with van der Waals surface area (Å²) in [6.07, 6.45) is 3.70. The lowest BCUT2D eigenvalue weighted by atomic mass is 9.78. The monoisotopic (exact) mass is 291 g/mol. The molecule has 1 N–H and O–H groups in total. The number of likely N-dealkylation sites (tertiary alicyclic amines) is 1. The number of nitrogens with zero attached hydrogens (tertiary/aromatic N) is 2. The van der Waals surface area contributed by atoms with Crippen molar-refractivity contribution in [2.45, 2.75) is 39.7 Å². The van der Waals surface area contributed by atoms with Gasteiger partial charge in [0, 0.05) is 19.7 Å². The van der Waals surface area contributed by atoms with E-state index in [2.05, 4.69) is 24.1 Å². The second kappa shape index (κ2) is 6.43. The molecule has 2 rings (SSSR count). The van der Waals surface area contributed by atoms with Crippen LogP contribution < -0.4 is 5.32 Å². The molecule has 0 unspecified atom stereocenters. The SMILES string of the molecule is CCC1(C)CCN(Cc2ccc([N+](=O)[O-])c(NC)c2)CC1. The predicted molar refractivity (Wildman–Crippen MR) is 85.6 cm³/mol. The fourth-order valence-electron chi connectivity index (χ4n) is 2.90. The minimum atomic E-state index is -0.344. The first-order valence-corrected chi connectivity index (χ1v) is 7.65. The van der Waals surface area contributed by atoms with Crippen molar-refractivity contribution in [1.82, 2.24) is 4.90 Å². The molecule has 0 aromatic heterocycles. The smallest absolute Gasteiger partial charge is 0.292 e. The van der Waals surface area contributed by atoms with Gasteiger partial charge in [-0.3, -0.25) is 15.0 Å². The van der Waals surface area contributed by atoms with E-state index in [9.17, 15) is 10.1 Å². The van der Waals surface area contributed by atoms with Crippen LogP contribution in [0.25, 0.3) is 0 Å². The van der Waals surface area contributed by atoms with Crippen molar-refractivity contribution in [3.63, 3.8) is 0 Å². The van der Waals surface area contributed by atoms with Crippen LogP contribution in [0.2, 0.25) is 0 Å². The largest absolute Gasteiger partial charge is 0.383 e. The number of hydrogen-bond acceptors (Lipinski definition) is 4. The van der Waals surface area contributed by atoms with Crippen LogP contribution in [0.5, 0.6) is 0 Å². The molecule has 1 aromatic carbocycles. The summed E-state index contributed by atoms with van der Waals surface area (Å²) in [4.78, 5) is 13.0. The normalized spacial score (nSPS) is 18.4. The molecule has 5 heteroatoms. The van der Waals surface area contributed by atoms with Gasteiger partial charge in [-0.2, -0.15) is 0 Å². The summed E-state index contributed by atoms with van der Waals surface area (Å²) in [6, 6.07) is 5.36. The Hall–Kier alpha value is -1.62. The highest BCUT2D eigenvalue weighted by atomic mass is 16.6. The molecule has 0 amide bonds. The summed E-state index contributed by atoms with van der Waals surface area (Å²) in [5.74, 6) is 0. The summed E-state index contributed by atoms with van der Waals surface area (Å²) >= 11 is 0. The lowest BCUT2D eigenvalue weighted by Crippen LogP contribution is -2.37. The van der Waals surface area contributed by atoms with Gasteiger partial charge >= 0.3 is 0 Å². The van der Waals surface area contributed by atoms with Crippen LogP contribution in [0.4, 0.5) is 11.4 Å². The average molecular weight is 291 g/mol. The fourth-order valence-corrected chi connectivity index (χ4v) is 2.90. The van der Waals surface area contributed by atoms with Gasteiger partial charge in [0.1, 0.15) is 5.69 Å². The Morgan fingerprint density at radius 2 is 2.05 bits per heavy atom. The van der Waals surface area contributed by atoms with Crippen molar-refractivity contribution < 1.29 is 4.92 Å². The van der Waals surface area contributed by atoms with Crippen molar-refractivity contribution in [2.24, 2.45) is 5.41 Å². The van der Waals surface area contributed by atoms with Gasteiger partial charge in [0.25, 0.3) is 5.69 Å². The van der Waals surface area contributed by atoms with Gasteiger partial charge in [-0.25, -0.2) is 0 Å². The summed E-state index contributed by atoms with van der Waals surface area (Å²) in [5, 5.41) is 13.9. The third-order valence-electron chi connectivity index (χ3n) is 4.85. The van der Waals surface area contributed by atoms with Crippen LogP contribution in [0.15, 0.2) is 18.2 Å². The summed E-state index contributed by atoms with van der Waals surface area (Å²) in [6.45, 7) is 7.72. The van der Waals surface area contributed by atoms with Crippen LogP contribution in [-0.4, -0.2) is 30.0 Å². The van der Waals surface area contributed by atoms with Crippen LogP contribution in [0.1, 0.15) is 38.7 Å². The molecule has 1 saturated heterocycles. The lowest BCUT2D eigenvalue weighted by molar-refractivity contribution is -0.384. The molecule has 0 aliphatic carbocycles. The Kier molecular flexibility index (Phi) is 4.83. The van der Waals surface area contributed by atoms with Gasteiger partial charge in [-0.05, 0) is 43.0 Å². The van der Waals surface area contributed by atoms with E-state index in [4.69, 9.17) is 0 Å². The van der Waals surface area contributed by atoms with Crippen LogP contribution in [-0.2, 0) is 6.54 Å². The quantitative estimate of drug-likeness (QED) is 0.664. The van der Waals surface area contributed by atoms with Crippen molar-refractivity contribution in [2.75, 3.05) is 25.5 Å². The molecule has 0 bridgehead atoms. The highest BCUT2D eigenvalue weighted by molar-refractivity contribution is 5.62. The van der Waals surface area contributed by atoms with Crippen molar-refractivity contribution in [1.29, 1.82) is 0 Å². The molecule has 0 atom stereocenters. The Balaban J connectivity index is 2.03. The maximum absolute atomic E-state index is 10.9. The van der Waals surface area contributed by atoms with Gasteiger partial charge in [0.2, 0.25) is 0 Å². The zero-order valence-electron chi connectivity index (χ0n) is 13.2. The number of nitro groups is 1. The second-order valence-corrected chi connectivity index (χ2v) is 6.30. The molecule has 1 heterocycles.